The van der Waals surface area contributed by atoms with Crippen molar-refractivity contribution in [2.45, 2.75) is 63.1 Å². The first-order valence-corrected chi connectivity index (χ1v) is 7.91. The van der Waals surface area contributed by atoms with E-state index in [1.165, 1.54) is 24.8 Å². The van der Waals surface area contributed by atoms with Gasteiger partial charge in [0.2, 0.25) is 0 Å². The molecule has 0 aromatic heterocycles. The van der Waals surface area contributed by atoms with E-state index in [0.29, 0.717) is 24.9 Å². The Morgan fingerprint density at radius 2 is 1.71 bits per heavy atom. The highest BCUT2D eigenvalue weighted by Crippen LogP contribution is 2.33. The van der Waals surface area contributed by atoms with Crippen LogP contribution in [0.1, 0.15) is 56.4 Å². The van der Waals surface area contributed by atoms with Gasteiger partial charge >= 0.3 is 6.18 Å². The van der Waals surface area contributed by atoms with Crippen molar-refractivity contribution in [2.75, 3.05) is 6.54 Å². The third-order valence-corrected chi connectivity index (χ3v) is 4.29. The van der Waals surface area contributed by atoms with Crippen molar-refractivity contribution in [3.05, 3.63) is 35.9 Å². The molecule has 2 unspecified atom stereocenters. The van der Waals surface area contributed by atoms with E-state index in [1.54, 1.807) is 0 Å². The molecule has 2 rings (SSSR count). The Kier molecular flexibility index (Phi) is 6.09. The van der Waals surface area contributed by atoms with Crippen molar-refractivity contribution in [1.82, 2.24) is 5.32 Å². The van der Waals surface area contributed by atoms with E-state index in [-0.39, 0.29) is 6.42 Å². The van der Waals surface area contributed by atoms with Crippen LogP contribution in [-0.2, 0) is 0 Å². The second kappa shape index (κ2) is 7.83. The zero-order valence-corrected chi connectivity index (χ0v) is 12.3. The monoisotopic (exact) mass is 299 g/mol. The summed E-state index contributed by atoms with van der Waals surface area (Å²) in [5, 5.41) is 3.49. The van der Waals surface area contributed by atoms with E-state index in [4.69, 9.17) is 0 Å². The van der Waals surface area contributed by atoms with Crippen LogP contribution in [0.5, 0.6) is 0 Å². The largest absolute Gasteiger partial charge is 0.389 e. The van der Waals surface area contributed by atoms with Crippen LogP contribution >= 0.6 is 0 Å². The van der Waals surface area contributed by atoms with Crippen LogP contribution in [0.15, 0.2) is 30.3 Å². The van der Waals surface area contributed by atoms with Gasteiger partial charge in [-0.15, -0.1) is 0 Å². The summed E-state index contributed by atoms with van der Waals surface area (Å²) in [6.07, 6.45) is 0.883. The Morgan fingerprint density at radius 3 is 2.43 bits per heavy atom. The minimum Gasteiger partial charge on any atom is -0.313 e. The lowest BCUT2D eigenvalue weighted by atomic mass is 9.80. The highest BCUT2D eigenvalue weighted by molar-refractivity contribution is 5.21. The molecule has 0 aliphatic heterocycles. The predicted molar refractivity (Wildman–Crippen MR) is 79.3 cm³/mol. The molecule has 0 spiro atoms. The minimum atomic E-state index is -4.02. The summed E-state index contributed by atoms with van der Waals surface area (Å²) >= 11 is 0. The number of hydrogen-bond donors (Lipinski definition) is 1. The maximum atomic E-state index is 12.1. The highest BCUT2D eigenvalue weighted by atomic mass is 19.4. The second-order valence-electron chi connectivity index (χ2n) is 5.93. The molecule has 1 saturated carbocycles. The van der Waals surface area contributed by atoms with E-state index in [1.807, 2.05) is 6.07 Å². The maximum Gasteiger partial charge on any atom is 0.389 e. The molecule has 2 atom stereocenters. The van der Waals surface area contributed by atoms with Crippen LogP contribution in [0.3, 0.4) is 0 Å². The second-order valence-corrected chi connectivity index (χ2v) is 5.93. The molecular formula is C17H24F3N. The third kappa shape index (κ3) is 5.70. The fraction of sp³-hybridized carbons (Fsp3) is 0.647. The van der Waals surface area contributed by atoms with Crippen LogP contribution in [0.25, 0.3) is 0 Å². The van der Waals surface area contributed by atoms with Gasteiger partial charge in [-0.2, -0.15) is 13.2 Å². The lowest BCUT2D eigenvalue weighted by Crippen LogP contribution is -2.37. The zero-order valence-electron chi connectivity index (χ0n) is 12.3. The van der Waals surface area contributed by atoms with Gasteiger partial charge in [-0.05, 0) is 43.7 Å². The van der Waals surface area contributed by atoms with Crippen LogP contribution < -0.4 is 5.32 Å². The van der Waals surface area contributed by atoms with Gasteiger partial charge in [0.05, 0.1) is 0 Å². The first-order valence-electron chi connectivity index (χ1n) is 7.91. The molecule has 0 saturated heterocycles. The molecule has 1 aromatic rings. The van der Waals surface area contributed by atoms with E-state index < -0.39 is 12.6 Å². The molecule has 1 fully saturated rings. The normalized spacial score (nSPS) is 23.2. The Hall–Kier alpha value is -1.03. The first-order chi connectivity index (χ1) is 10.1. The molecule has 1 nitrogen and oxygen atoms in total. The average Bonchev–Trinajstić information content (AvgIpc) is 2.47. The molecule has 1 aliphatic carbocycles. The quantitative estimate of drug-likeness (QED) is 0.726. The number of unbranched alkanes of at least 4 members (excludes halogenated alkanes) is 1. The first kappa shape index (κ1) is 16.3. The Balaban J connectivity index is 1.77. The molecule has 1 aromatic carbocycles. The van der Waals surface area contributed by atoms with Crippen molar-refractivity contribution in [2.24, 2.45) is 0 Å². The molecule has 1 N–H and O–H groups in total. The molecule has 0 amide bonds. The van der Waals surface area contributed by atoms with Gasteiger partial charge in [-0.3, -0.25) is 0 Å². The van der Waals surface area contributed by atoms with Crippen molar-refractivity contribution in [3.8, 4) is 0 Å². The number of benzene rings is 1. The standard InChI is InChI=1S/C17H24F3N/c18-17(19,20)12-6-7-13-21-16-11-5-4-10-15(16)14-8-2-1-3-9-14/h1-3,8-9,15-16,21H,4-7,10-13H2. The van der Waals surface area contributed by atoms with Crippen LogP contribution in [0.4, 0.5) is 13.2 Å². The summed E-state index contributed by atoms with van der Waals surface area (Å²) in [7, 11) is 0. The predicted octanol–water partition coefficient (Wildman–Crippen LogP) is 5.04. The van der Waals surface area contributed by atoms with Gasteiger partial charge < -0.3 is 5.32 Å². The maximum absolute atomic E-state index is 12.1. The molecule has 21 heavy (non-hydrogen) atoms. The number of hydrogen-bond acceptors (Lipinski definition) is 1. The topological polar surface area (TPSA) is 12.0 Å². The summed E-state index contributed by atoms with van der Waals surface area (Å²) in [5.41, 5.74) is 1.35. The van der Waals surface area contributed by atoms with Gasteiger partial charge in [-0.25, -0.2) is 0 Å². The molecule has 1 aliphatic rings. The Labute approximate surface area is 124 Å². The van der Waals surface area contributed by atoms with E-state index in [2.05, 4.69) is 29.6 Å². The summed E-state index contributed by atoms with van der Waals surface area (Å²) in [6, 6.07) is 10.9. The molecule has 4 heteroatoms. The van der Waals surface area contributed by atoms with Crippen LogP contribution in [0, 0.1) is 0 Å². The molecule has 0 heterocycles. The average molecular weight is 299 g/mol. The van der Waals surface area contributed by atoms with E-state index >= 15 is 0 Å². The van der Waals surface area contributed by atoms with Gasteiger partial charge in [0, 0.05) is 12.5 Å². The number of nitrogens with one attached hydrogen (secondary N) is 1. The SMILES string of the molecule is FC(F)(F)CCCCNC1CCCCC1c1ccccc1. The highest BCUT2D eigenvalue weighted by Gasteiger charge is 2.27. The van der Waals surface area contributed by atoms with Gasteiger partial charge in [0.25, 0.3) is 0 Å². The van der Waals surface area contributed by atoms with Crippen molar-refractivity contribution >= 4 is 0 Å². The molecule has 0 bridgehead atoms. The number of halogens is 3. The van der Waals surface area contributed by atoms with Crippen LogP contribution in [-0.4, -0.2) is 18.8 Å². The summed E-state index contributed by atoms with van der Waals surface area (Å²) in [4.78, 5) is 0. The number of rotatable bonds is 6. The lowest BCUT2D eigenvalue weighted by molar-refractivity contribution is -0.135. The minimum absolute atomic E-state index is 0.221. The number of alkyl halides is 3. The Bertz CT molecular complexity index is 402. The van der Waals surface area contributed by atoms with Gasteiger partial charge in [0.15, 0.2) is 0 Å². The Morgan fingerprint density at radius 1 is 1.00 bits per heavy atom. The fourth-order valence-electron chi connectivity index (χ4n) is 3.21. The summed E-state index contributed by atoms with van der Waals surface area (Å²) < 4.78 is 36.3. The van der Waals surface area contributed by atoms with Gasteiger partial charge in [-0.1, -0.05) is 43.2 Å². The molecule has 0 radical (unpaired) electrons. The molecule has 118 valence electrons. The fourth-order valence-corrected chi connectivity index (χ4v) is 3.21. The zero-order chi connectivity index (χ0) is 15.1. The van der Waals surface area contributed by atoms with E-state index in [0.717, 1.165) is 6.42 Å². The summed E-state index contributed by atoms with van der Waals surface area (Å²) in [6.45, 7) is 0.685. The van der Waals surface area contributed by atoms with Crippen molar-refractivity contribution < 1.29 is 13.2 Å². The molecular weight excluding hydrogens is 275 g/mol. The van der Waals surface area contributed by atoms with E-state index in [9.17, 15) is 13.2 Å². The van der Waals surface area contributed by atoms with Crippen LogP contribution in [0.2, 0.25) is 0 Å². The lowest BCUT2D eigenvalue weighted by Gasteiger charge is -2.33. The smallest absolute Gasteiger partial charge is 0.313 e. The summed E-state index contributed by atoms with van der Waals surface area (Å²) in [5.74, 6) is 0.502. The van der Waals surface area contributed by atoms with Crippen molar-refractivity contribution in [3.63, 3.8) is 0 Å². The third-order valence-electron chi connectivity index (χ3n) is 4.29. The van der Waals surface area contributed by atoms with Crippen molar-refractivity contribution in [1.29, 1.82) is 0 Å². The van der Waals surface area contributed by atoms with Gasteiger partial charge in [0.1, 0.15) is 0 Å².